The SMILES string of the molecule is CO[C@H]1[C@@H](N2CC[C@@H](O)C2=O)C[C@H]2O[C@@]1(C)n1c3ccccc3c3c4c(c5c6ccccc6n2c5c31)C(=O)NC4. The second-order valence-corrected chi connectivity index (χ2v) is 11.6. The summed E-state index contributed by atoms with van der Waals surface area (Å²) in [7, 11) is 1.67. The van der Waals surface area contributed by atoms with Gasteiger partial charge in [0.1, 0.15) is 18.4 Å². The molecule has 0 radical (unpaired) electrons. The van der Waals surface area contributed by atoms with E-state index in [1.54, 1.807) is 12.0 Å². The Hall–Kier alpha value is -3.92. The van der Waals surface area contributed by atoms with Crippen molar-refractivity contribution in [2.24, 2.45) is 0 Å². The molecule has 6 heterocycles. The van der Waals surface area contributed by atoms with Crippen LogP contribution >= 0.6 is 0 Å². The fraction of sp³-hybridized carbons (Fsp3) is 0.355. The van der Waals surface area contributed by atoms with Crippen molar-refractivity contribution in [3.63, 3.8) is 0 Å². The summed E-state index contributed by atoms with van der Waals surface area (Å²) >= 11 is 0. The Morgan fingerprint density at radius 1 is 1.02 bits per heavy atom. The summed E-state index contributed by atoms with van der Waals surface area (Å²) in [5.41, 5.74) is 4.72. The number of hydrogen-bond donors (Lipinski definition) is 2. The van der Waals surface area contributed by atoms with Gasteiger partial charge in [0.2, 0.25) is 0 Å². The predicted octanol–water partition coefficient (Wildman–Crippen LogP) is 3.73. The second kappa shape index (κ2) is 7.42. The first-order chi connectivity index (χ1) is 19.4. The van der Waals surface area contributed by atoms with Crippen LogP contribution in [-0.4, -0.2) is 62.9 Å². The van der Waals surface area contributed by atoms with Crippen LogP contribution in [0, 0.1) is 0 Å². The van der Waals surface area contributed by atoms with Crippen LogP contribution in [0.3, 0.4) is 0 Å². The molecule has 9 nitrogen and oxygen atoms in total. The van der Waals surface area contributed by atoms with Crippen molar-refractivity contribution >= 4 is 55.4 Å². The van der Waals surface area contributed by atoms with Crippen molar-refractivity contribution in [2.45, 2.75) is 56.5 Å². The van der Waals surface area contributed by atoms with E-state index in [2.05, 4.69) is 45.6 Å². The van der Waals surface area contributed by atoms with E-state index in [4.69, 9.17) is 9.47 Å². The molecule has 3 aromatic carbocycles. The molecule has 9 rings (SSSR count). The third kappa shape index (κ3) is 2.46. The van der Waals surface area contributed by atoms with Gasteiger partial charge in [-0.25, -0.2) is 0 Å². The number of methoxy groups -OCH3 is 1. The predicted molar refractivity (Wildman–Crippen MR) is 149 cm³/mol. The zero-order chi connectivity index (χ0) is 27.1. The zero-order valence-electron chi connectivity index (χ0n) is 22.2. The third-order valence-electron chi connectivity index (χ3n) is 9.81. The van der Waals surface area contributed by atoms with Gasteiger partial charge in [-0.2, -0.15) is 0 Å². The van der Waals surface area contributed by atoms with Crippen molar-refractivity contribution in [3.05, 3.63) is 59.7 Å². The molecule has 2 saturated heterocycles. The van der Waals surface area contributed by atoms with Crippen LogP contribution < -0.4 is 5.32 Å². The number of nitrogens with zero attached hydrogens (tertiary/aromatic N) is 3. The van der Waals surface area contributed by atoms with E-state index in [0.29, 0.717) is 25.9 Å². The minimum absolute atomic E-state index is 0.0553. The maximum absolute atomic E-state index is 13.5. The number of fused-ring (bicyclic) bond motifs is 13. The number of carbonyl (C=O) groups excluding carboxylic acids is 2. The summed E-state index contributed by atoms with van der Waals surface area (Å²) in [5, 5.41) is 17.6. The van der Waals surface area contributed by atoms with Crippen LogP contribution in [0.5, 0.6) is 0 Å². The maximum atomic E-state index is 13.5. The lowest BCUT2D eigenvalue weighted by Crippen LogP contribution is -2.61. The summed E-state index contributed by atoms with van der Waals surface area (Å²) in [4.78, 5) is 28.4. The number of aromatic nitrogens is 2. The van der Waals surface area contributed by atoms with E-state index in [9.17, 15) is 14.7 Å². The lowest BCUT2D eigenvalue weighted by molar-refractivity contribution is -0.266. The molecule has 0 spiro atoms. The summed E-state index contributed by atoms with van der Waals surface area (Å²) in [6, 6.07) is 16.1. The number of para-hydroxylation sites is 2. The highest BCUT2D eigenvalue weighted by Gasteiger charge is 2.56. The van der Waals surface area contributed by atoms with E-state index in [-0.39, 0.29) is 17.9 Å². The summed E-state index contributed by atoms with van der Waals surface area (Å²) < 4.78 is 17.9. The van der Waals surface area contributed by atoms with E-state index < -0.39 is 24.2 Å². The molecule has 0 unspecified atom stereocenters. The van der Waals surface area contributed by atoms with Gasteiger partial charge in [-0.05, 0) is 31.0 Å². The Labute approximate surface area is 228 Å². The van der Waals surface area contributed by atoms with E-state index in [1.807, 2.05) is 24.3 Å². The minimum atomic E-state index is -0.993. The minimum Gasteiger partial charge on any atom is -0.383 e. The number of benzene rings is 3. The molecule has 2 amide bonds. The molecule has 4 aliphatic heterocycles. The van der Waals surface area contributed by atoms with Gasteiger partial charge in [0.15, 0.2) is 5.72 Å². The van der Waals surface area contributed by atoms with Gasteiger partial charge < -0.3 is 33.9 Å². The fourth-order valence-electron chi connectivity index (χ4n) is 8.34. The number of amides is 2. The molecule has 202 valence electrons. The second-order valence-electron chi connectivity index (χ2n) is 11.6. The van der Waals surface area contributed by atoms with Crippen molar-refractivity contribution in [1.29, 1.82) is 0 Å². The van der Waals surface area contributed by atoms with Crippen LogP contribution in [0.4, 0.5) is 0 Å². The first-order valence-corrected chi connectivity index (χ1v) is 13.9. The van der Waals surface area contributed by atoms with Gasteiger partial charge in [0.25, 0.3) is 11.8 Å². The lowest BCUT2D eigenvalue weighted by Gasteiger charge is -2.50. The summed E-state index contributed by atoms with van der Waals surface area (Å²) in [6.07, 6.45) is -1.03. The highest BCUT2D eigenvalue weighted by Crippen LogP contribution is 2.54. The maximum Gasteiger partial charge on any atom is 0.252 e. The first-order valence-electron chi connectivity index (χ1n) is 13.9. The molecular formula is C31H28N4O5. The number of rotatable bonds is 2. The normalized spacial score (nSPS) is 29.3. The fourth-order valence-corrected chi connectivity index (χ4v) is 8.34. The van der Waals surface area contributed by atoms with Gasteiger partial charge in [-0.15, -0.1) is 0 Å². The van der Waals surface area contributed by atoms with Crippen molar-refractivity contribution in [2.75, 3.05) is 13.7 Å². The number of aliphatic hydroxyl groups is 1. The Bertz CT molecular complexity index is 1970. The largest absolute Gasteiger partial charge is 0.383 e. The Morgan fingerprint density at radius 3 is 2.48 bits per heavy atom. The molecule has 2 N–H and O–H groups in total. The van der Waals surface area contributed by atoms with Gasteiger partial charge >= 0.3 is 0 Å². The molecule has 2 fully saturated rings. The summed E-state index contributed by atoms with van der Waals surface area (Å²) in [6.45, 7) is 2.99. The molecule has 40 heavy (non-hydrogen) atoms. The molecule has 5 aromatic rings. The van der Waals surface area contributed by atoms with Crippen molar-refractivity contribution < 1.29 is 24.2 Å². The van der Waals surface area contributed by atoms with Crippen molar-refractivity contribution in [3.8, 4) is 0 Å². The van der Waals surface area contributed by atoms with Gasteiger partial charge in [0.05, 0.1) is 33.7 Å². The van der Waals surface area contributed by atoms with Crippen LogP contribution in [0.2, 0.25) is 0 Å². The Balaban J connectivity index is 1.50. The molecular weight excluding hydrogens is 508 g/mol. The van der Waals surface area contributed by atoms with Crippen LogP contribution in [0.15, 0.2) is 48.5 Å². The van der Waals surface area contributed by atoms with Crippen molar-refractivity contribution in [1.82, 2.24) is 19.4 Å². The molecule has 2 aromatic heterocycles. The van der Waals surface area contributed by atoms with E-state index in [0.717, 1.165) is 54.7 Å². The van der Waals surface area contributed by atoms with E-state index >= 15 is 0 Å². The number of ether oxygens (including phenoxy) is 2. The number of aliphatic hydroxyl groups excluding tert-OH is 1. The van der Waals surface area contributed by atoms with Gasteiger partial charge in [0, 0.05) is 48.2 Å². The average molecular weight is 537 g/mol. The topological polar surface area (TPSA) is 98.0 Å². The number of nitrogens with one attached hydrogen (secondary N) is 1. The third-order valence-corrected chi connectivity index (χ3v) is 9.81. The summed E-state index contributed by atoms with van der Waals surface area (Å²) in [5.74, 6) is -0.312. The quantitative estimate of drug-likeness (QED) is 0.358. The average Bonchev–Trinajstić information content (AvgIpc) is 3.68. The number of carbonyl (C=O) groups is 2. The highest BCUT2D eigenvalue weighted by atomic mass is 16.6. The molecule has 0 saturated carbocycles. The zero-order valence-corrected chi connectivity index (χ0v) is 22.2. The highest BCUT2D eigenvalue weighted by molar-refractivity contribution is 6.31. The van der Waals surface area contributed by atoms with Gasteiger partial charge in [-0.1, -0.05) is 36.4 Å². The molecule has 4 aliphatic rings. The molecule has 9 heteroatoms. The van der Waals surface area contributed by atoms with Crippen LogP contribution in [0.1, 0.15) is 41.9 Å². The monoisotopic (exact) mass is 536 g/mol. The smallest absolute Gasteiger partial charge is 0.252 e. The Morgan fingerprint density at radius 2 is 1.75 bits per heavy atom. The van der Waals surface area contributed by atoms with Crippen LogP contribution in [0.25, 0.3) is 43.6 Å². The molecule has 0 aliphatic carbocycles. The number of hydrogen-bond acceptors (Lipinski definition) is 5. The van der Waals surface area contributed by atoms with E-state index in [1.165, 1.54) is 0 Å². The molecule has 2 bridgehead atoms. The Kier molecular flexibility index (Phi) is 4.24. The number of likely N-dealkylation sites (tertiary alicyclic amines) is 1. The standard InChI is InChI=1S/C31H28N4O5/c1-31-28(39-2)20(33-12-11-21(36)30(33)38)13-22(40-31)34-18-9-5-3-7-15(18)24-25-17(14-32-29(25)37)23-16-8-4-6-10-19(16)35(31)27(23)26(24)34/h3-10,20-22,28,36H,11-14H2,1-2H3,(H,32,37)/t20-,21+,22+,28-,31+/m0/s1. The lowest BCUT2D eigenvalue weighted by atomic mass is 9.91. The first kappa shape index (κ1) is 22.9. The van der Waals surface area contributed by atoms with Gasteiger partial charge in [-0.3, -0.25) is 9.59 Å². The molecule has 5 atom stereocenters. The van der Waals surface area contributed by atoms with Crippen LogP contribution in [-0.2, 0) is 26.5 Å².